The predicted molar refractivity (Wildman–Crippen MR) is 128 cm³/mol. The van der Waals surface area contributed by atoms with Gasteiger partial charge >= 0.3 is 0 Å². The highest BCUT2D eigenvalue weighted by molar-refractivity contribution is 6.00. The van der Waals surface area contributed by atoms with Crippen LogP contribution in [0, 0.1) is 23.2 Å². The van der Waals surface area contributed by atoms with Crippen LogP contribution in [0.4, 0.5) is 0 Å². The smallest absolute Gasteiger partial charge is 0.268 e. The van der Waals surface area contributed by atoms with Gasteiger partial charge in [-0.3, -0.25) is 14.4 Å². The standard InChI is InChI=1S/C20H25N5O4.C4H10/c1-4-12(19(27)22-2)8-13(10-21)24-18(26)11-23-20(28)16-9-14-15(25-16)6-5-7-17(14)29-3;1-4(2)3/h5-7,9,12-13,25H,4,8,11H2,1-3H3,(H,22,27)(H,23,28)(H,24,26);4H,1-3H3. The van der Waals surface area contributed by atoms with Crippen molar-refractivity contribution in [1.82, 2.24) is 20.9 Å². The Kier molecular flexibility index (Phi) is 11.5. The minimum absolute atomic E-state index is 0.176. The van der Waals surface area contributed by atoms with E-state index in [-0.39, 0.29) is 24.8 Å². The number of ether oxygens (including phenoxy) is 1. The molecule has 0 spiro atoms. The number of benzene rings is 1. The maximum absolute atomic E-state index is 12.3. The van der Waals surface area contributed by atoms with Crippen molar-refractivity contribution in [3.05, 3.63) is 30.0 Å². The molecule has 0 aliphatic carbocycles. The topological polar surface area (TPSA) is 136 Å². The van der Waals surface area contributed by atoms with Crippen LogP contribution in [0.2, 0.25) is 0 Å². The molecular formula is C24H35N5O4. The van der Waals surface area contributed by atoms with Crippen LogP contribution in [0.5, 0.6) is 5.75 Å². The summed E-state index contributed by atoms with van der Waals surface area (Å²) in [5, 5.41) is 17.6. The van der Waals surface area contributed by atoms with Crippen LogP contribution in [0.15, 0.2) is 24.3 Å². The molecule has 2 atom stereocenters. The van der Waals surface area contributed by atoms with Gasteiger partial charge in [-0.2, -0.15) is 5.26 Å². The van der Waals surface area contributed by atoms with Crippen molar-refractivity contribution in [2.45, 2.75) is 46.6 Å². The summed E-state index contributed by atoms with van der Waals surface area (Å²) in [6.45, 7) is 8.05. The van der Waals surface area contributed by atoms with E-state index in [0.717, 1.165) is 16.8 Å². The normalized spacial score (nSPS) is 12.1. The third-order valence-corrected chi connectivity index (χ3v) is 4.62. The zero-order chi connectivity index (χ0) is 25.0. The summed E-state index contributed by atoms with van der Waals surface area (Å²) in [6, 6.07) is 8.21. The lowest BCUT2D eigenvalue weighted by molar-refractivity contribution is -0.125. The third-order valence-electron chi connectivity index (χ3n) is 4.62. The lowest BCUT2D eigenvalue weighted by atomic mass is 9.97. The molecule has 33 heavy (non-hydrogen) atoms. The first-order valence-corrected chi connectivity index (χ1v) is 11.0. The summed E-state index contributed by atoms with van der Waals surface area (Å²) in [6.07, 6.45) is 0.752. The number of fused-ring (bicyclic) bond motifs is 1. The van der Waals surface area contributed by atoms with Crippen LogP contribution in [0.25, 0.3) is 10.9 Å². The molecule has 180 valence electrons. The minimum Gasteiger partial charge on any atom is -0.496 e. The summed E-state index contributed by atoms with van der Waals surface area (Å²) in [7, 11) is 3.07. The Bertz CT molecular complexity index is 974. The monoisotopic (exact) mass is 457 g/mol. The molecular weight excluding hydrogens is 422 g/mol. The molecule has 0 saturated carbocycles. The van der Waals surface area contributed by atoms with Gasteiger partial charge in [-0.05, 0) is 37.0 Å². The van der Waals surface area contributed by atoms with Gasteiger partial charge in [0, 0.05) is 23.9 Å². The summed E-state index contributed by atoms with van der Waals surface area (Å²) in [5.74, 6) is -0.0477. The van der Waals surface area contributed by atoms with E-state index in [1.165, 1.54) is 7.05 Å². The number of H-pyrrole nitrogens is 1. The molecule has 0 saturated heterocycles. The Morgan fingerprint density at radius 3 is 2.42 bits per heavy atom. The highest BCUT2D eigenvalue weighted by atomic mass is 16.5. The average Bonchev–Trinajstić information content (AvgIpc) is 3.23. The molecule has 0 aliphatic rings. The second kappa shape index (κ2) is 13.8. The van der Waals surface area contributed by atoms with E-state index in [4.69, 9.17) is 4.74 Å². The molecule has 3 amide bonds. The van der Waals surface area contributed by atoms with Gasteiger partial charge in [0.1, 0.15) is 17.5 Å². The first-order valence-electron chi connectivity index (χ1n) is 11.0. The van der Waals surface area contributed by atoms with Crippen molar-refractivity contribution in [2.24, 2.45) is 11.8 Å². The van der Waals surface area contributed by atoms with Crippen molar-refractivity contribution in [1.29, 1.82) is 5.26 Å². The molecule has 1 aromatic heterocycles. The summed E-state index contributed by atoms with van der Waals surface area (Å²) >= 11 is 0. The van der Waals surface area contributed by atoms with Gasteiger partial charge in [-0.25, -0.2) is 0 Å². The van der Waals surface area contributed by atoms with Gasteiger partial charge in [0.2, 0.25) is 11.8 Å². The Hall–Kier alpha value is -3.54. The largest absolute Gasteiger partial charge is 0.496 e. The Morgan fingerprint density at radius 2 is 1.88 bits per heavy atom. The lowest BCUT2D eigenvalue weighted by Gasteiger charge is -2.18. The Balaban J connectivity index is 0.00000125. The van der Waals surface area contributed by atoms with Gasteiger partial charge < -0.3 is 25.7 Å². The predicted octanol–water partition coefficient (Wildman–Crippen LogP) is 2.74. The number of carbonyl (C=O) groups is 3. The van der Waals surface area contributed by atoms with E-state index in [1.54, 1.807) is 25.3 Å². The highest BCUT2D eigenvalue weighted by Gasteiger charge is 2.22. The number of hydrogen-bond acceptors (Lipinski definition) is 5. The Labute approximate surface area is 195 Å². The van der Waals surface area contributed by atoms with Crippen LogP contribution in [-0.4, -0.2) is 49.4 Å². The van der Waals surface area contributed by atoms with Crippen molar-refractivity contribution >= 4 is 28.6 Å². The van der Waals surface area contributed by atoms with Crippen molar-refractivity contribution in [3.63, 3.8) is 0 Å². The molecule has 2 aromatic rings. The van der Waals surface area contributed by atoms with Crippen molar-refractivity contribution in [2.75, 3.05) is 20.7 Å². The average molecular weight is 458 g/mol. The zero-order valence-corrected chi connectivity index (χ0v) is 20.2. The van der Waals surface area contributed by atoms with E-state index in [2.05, 4.69) is 41.7 Å². The second-order valence-corrected chi connectivity index (χ2v) is 8.22. The number of nitrogens with one attached hydrogen (secondary N) is 4. The van der Waals surface area contributed by atoms with Crippen LogP contribution >= 0.6 is 0 Å². The summed E-state index contributed by atoms with van der Waals surface area (Å²) in [4.78, 5) is 39.2. The molecule has 9 heteroatoms. The molecule has 0 fully saturated rings. The van der Waals surface area contributed by atoms with E-state index in [9.17, 15) is 19.6 Å². The minimum atomic E-state index is -0.820. The molecule has 0 aliphatic heterocycles. The maximum Gasteiger partial charge on any atom is 0.268 e. The molecule has 9 nitrogen and oxygen atoms in total. The molecule has 0 bridgehead atoms. The van der Waals surface area contributed by atoms with Gasteiger partial charge in [-0.1, -0.05) is 33.8 Å². The van der Waals surface area contributed by atoms with Crippen LogP contribution < -0.4 is 20.7 Å². The van der Waals surface area contributed by atoms with Crippen LogP contribution in [0.1, 0.15) is 51.0 Å². The number of nitrogens with zero attached hydrogens (tertiary/aromatic N) is 1. The number of methoxy groups -OCH3 is 1. The van der Waals surface area contributed by atoms with Gasteiger partial charge in [-0.15, -0.1) is 0 Å². The zero-order valence-electron chi connectivity index (χ0n) is 20.2. The molecule has 0 radical (unpaired) electrons. The van der Waals surface area contributed by atoms with E-state index in [1.807, 2.05) is 19.1 Å². The fraction of sp³-hybridized carbons (Fsp3) is 0.500. The summed E-state index contributed by atoms with van der Waals surface area (Å²) in [5.41, 5.74) is 1.03. The quantitative estimate of drug-likeness (QED) is 0.459. The molecule has 4 N–H and O–H groups in total. The van der Waals surface area contributed by atoms with Crippen molar-refractivity contribution in [3.8, 4) is 11.8 Å². The second-order valence-electron chi connectivity index (χ2n) is 8.22. The van der Waals surface area contributed by atoms with Gasteiger partial charge in [0.25, 0.3) is 5.91 Å². The maximum atomic E-state index is 12.3. The number of nitriles is 1. The molecule has 2 unspecified atom stereocenters. The number of rotatable bonds is 9. The third kappa shape index (κ3) is 8.85. The highest BCUT2D eigenvalue weighted by Crippen LogP contribution is 2.25. The first kappa shape index (κ1) is 27.5. The number of aromatic nitrogens is 1. The lowest BCUT2D eigenvalue weighted by Crippen LogP contribution is -2.43. The molecule has 1 aromatic carbocycles. The van der Waals surface area contributed by atoms with Gasteiger partial charge in [0.05, 0.1) is 19.7 Å². The number of amides is 3. The van der Waals surface area contributed by atoms with Gasteiger partial charge in [0.15, 0.2) is 0 Å². The molecule has 1 heterocycles. The molecule has 2 rings (SSSR count). The number of carbonyl (C=O) groups excluding carboxylic acids is 3. The fourth-order valence-electron chi connectivity index (χ4n) is 3.02. The van der Waals surface area contributed by atoms with E-state index >= 15 is 0 Å². The number of aromatic amines is 1. The number of hydrogen-bond donors (Lipinski definition) is 4. The van der Waals surface area contributed by atoms with Crippen LogP contribution in [-0.2, 0) is 9.59 Å². The van der Waals surface area contributed by atoms with Crippen LogP contribution in [0.3, 0.4) is 0 Å². The fourth-order valence-corrected chi connectivity index (χ4v) is 3.02. The van der Waals surface area contributed by atoms with Crippen molar-refractivity contribution < 1.29 is 19.1 Å². The Morgan fingerprint density at radius 1 is 1.21 bits per heavy atom. The SMILES string of the molecule is CC(C)C.CCC(CC(C#N)NC(=O)CNC(=O)c1cc2c(OC)cccc2[nH]1)C(=O)NC. The van der Waals surface area contributed by atoms with E-state index < -0.39 is 17.9 Å². The van der Waals surface area contributed by atoms with E-state index in [0.29, 0.717) is 17.9 Å². The first-order chi connectivity index (χ1) is 15.7. The summed E-state index contributed by atoms with van der Waals surface area (Å²) < 4.78 is 5.27.